The number of rotatable bonds is 4. The van der Waals surface area contributed by atoms with Crippen molar-refractivity contribution in [3.63, 3.8) is 0 Å². The smallest absolute Gasteiger partial charge is 0.334 e. The van der Waals surface area contributed by atoms with E-state index in [1.807, 2.05) is 60.7 Å². The molecule has 1 heterocycles. The lowest BCUT2D eigenvalue weighted by atomic mass is 9.84. The van der Waals surface area contributed by atoms with Crippen molar-refractivity contribution in [3.8, 4) is 5.75 Å². The molecule has 0 bridgehead atoms. The summed E-state index contributed by atoms with van der Waals surface area (Å²) >= 11 is 0. The molecule has 1 aliphatic rings. The van der Waals surface area contributed by atoms with Crippen LogP contribution in [0.1, 0.15) is 29.0 Å². The summed E-state index contributed by atoms with van der Waals surface area (Å²) in [5, 5.41) is 2.16. The summed E-state index contributed by atoms with van der Waals surface area (Å²) in [5.41, 5.74) is 3.29. The second-order valence-corrected chi connectivity index (χ2v) is 7.68. The third-order valence-corrected chi connectivity index (χ3v) is 5.63. The molecule has 4 aromatic carbocycles. The lowest BCUT2D eigenvalue weighted by Crippen LogP contribution is -2.16. The molecule has 152 valence electrons. The minimum atomic E-state index is -0.394. The first-order valence-electron chi connectivity index (χ1n) is 10.4. The molecule has 0 radical (unpaired) electrons. The topological polar surface area (TPSA) is 35.5 Å². The molecule has 1 aliphatic heterocycles. The summed E-state index contributed by atoms with van der Waals surface area (Å²) in [7, 11) is 0. The van der Waals surface area contributed by atoms with Crippen molar-refractivity contribution in [1.82, 2.24) is 0 Å². The molecule has 31 heavy (non-hydrogen) atoms. The second-order valence-electron chi connectivity index (χ2n) is 7.68. The predicted octanol–water partition coefficient (Wildman–Crippen LogP) is 6.38. The van der Waals surface area contributed by atoms with E-state index in [-0.39, 0.29) is 12.5 Å². The van der Waals surface area contributed by atoms with Gasteiger partial charge in [0.25, 0.3) is 0 Å². The van der Waals surface area contributed by atoms with Gasteiger partial charge in [-0.05, 0) is 16.5 Å². The summed E-state index contributed by atoms with van der Waals surface area (Å²) in [6.45, 7) is 0.241. The minimum absolute atomic E-state index is 0.114. The molecule has 0 aliphatic carbocycles. The number of hydrogen-bond donors (Lipinski definition) is 0. The van der Waals surface area contributed by atoms with Crippen LogP contribution in [0.25, 0.3) is 10.8 Å². The molecule has 1 atom stereocenters. The molecular formula is C28H22O3. The highest BCUT2D eigenvalue weighted by Crippen LogP contribution is 2.45. The van der Waals surface area contributed by atoms with Crippen LogP contribution < -0.4 is 4.74 Å². The van der Waals surface area contributed by atoms with E-state index in [1.165, 1.54) is 11.6 Å². The number of allylic oxidation sites excluding steroid dienone is 1. The Morgan fingerprint density at radius 1 is 0.871 bits per heavy atom. The zero-order chi connectivity index (χ0) is 21.0. The molecule has 0 saturated carbocycles. The predicted molar refractivity (Wildman–Crippen MR) is 122 cm³/mol. The van der Waals surface area contributed by atoms with E-state index in [1.54, 1.807) is 0 Å². The molecule has 0 unspecified atom stereocenters. The van der Waals surface area contributed by atoms with Crippen molar-refractivity contribution in [3.05, 3.63) is 126 Å². The molecule has 0 spiro atoms. The molecule has 0 aromatic heterocycles. The standard InChI is InChI=1S/C28H22O3/c29-27(30-19-20-9-3-1-4-10-20)18-23-17-26(21-11-5-2-6-12-21)25-16-15-22-13-7-8-14-24(22)28(25)31-23/h1-16,18,26H,17,19H2/b23-18-/t26-/m1/s1. The van der Waals surface area contributed by atoms with Crippen molar-refractivity contribution in [1.29, 1.82) is 0 Å². The van der Waals surface area contributed by atoms with Gasteiger partial charge in [0, 0.05) is 23.3 Å². The van der Waals surface area contributed by atoms with Crippen molar-refractivity contribution in [2.24, 2.45) is 0 Å². The highest BCUT2D eigenvalue weighted by molar-refractivity contribution is 5.91. The van der Waals surface area contributed by atoms with Gasteiger partial charge in [-0.3, -0.25) is 0 Å². The first kappa shape index (κ1) is 19.1. The van der Waals surface area contributed by atoms with Crippen LogP contribution in [0.15, 0.2) is 109 Å². The highest BCUT2D eigenvalue weighted by atomic mass is 16.5. The average Bonchev–Trinajstić information content (AvgIpc) is 2.83. The van der Waals surface area contributed by atoms with Crippen LogP contribution >= 0.6 is 0 Å². The van der Waals surface area contributed by atoms with Crippen LogP contribution in [-0.2, 0) is 16.1 Å². The van der Waals surface area contributed by atoms with Crippen LogP contribution in [-0.4, -0.2) is 5.97 Å². The molecule has 5 rings (SSSR count). The summed E-state index contributed by atoms with van der Waals surface area (Å²) in [6, 6.07) is 32.5. The summed E-state index contributed by atoms with van der Waals surface area (Å²) in [4.78, 5) is 12.5. The van der Waals surface area contributed by atoms with E-state index in [0.717, 1.165) is 27.6 Å². The Hall–Kier alpha value is -3.85. The molecule has 0 fully saturated rings. The fourth-order valence-electron chi connectivity index (χ4n) is 4.11. The molecule has 0 amide bonds. The number of carbonyl (C=O) groups excluding carboxylic acids is 1. The lowest BCUT2D eigenvalue weighted by molar-refractivity contribution is -0.139. The quantitative estimate of drug-likeness (QED) is 0.291. The summed E-state index contributed by atoms with van der Waals surface area (Å²) in [6.07, 6.45) is 2.10. The van der Waals surface area contributed by atoms with Crippen molar-refractivity contribution in [2.75, 3.05) is 0 Å². The van der Waals surface area contributed by atoms with Crippen LogP contribution in [0.4, 0.5) is 0 Å². The van der Waals surface area contributed by atoms with E-state index in [2.05, 4.69) is 36.4 Å². The van der Waals surface area contributed by atoms with Gasteiger partial charge in [-0.25, -0.2) is 4.79 Å². The zero-order valence-electron chi connectivity index (χ0n) is 17.0. The van der Waals surface area contributed by atoms with Gasteiger partial charge >= 0.3 is 5.97 Å². The Balaban J connectivity index is 1.48. The summed E-state index contributed by atoms with van der Waals surface area (Å²) in [5.74, 6) is 1.16. The van der Waals surface area contributed by atoms with E-state index < -0.39 is 5.97 Å². The largest absolute Gasteiger partial charge is 0.460 e. The van der Waals surface area contributed by atoms with Gasteiger partial charge in [0.15, 0.2) is 0 Å². The maximum Gasteiger partial charge on any atom is 0.334 e. The Morgan fingerprint density at radius 2 is 1.58 bits per heavy atom. The summed E-state index contributed by atoms with van der Waals surface area (Å²) < 4.78 is 11.7. The van der Waals surface area contributed by atoms with Gasteiger partial charge in [-0.1, -0.05) is 97.1 Å². The third-order valence-electron chi connectivity index (χ3n) is 5.63. The first-order chi connectivity index (χ1) is 15.3. The molecule has 3 nitrogen and oxygen atoms in total. The number of carbonyl (C=O) groups is 1. The van der Waals surface area contributed by atoms with Gasteiger partial charge in [0.1, 0.15) is 18.1 Å². The number of hydrogen-bond acceptors (Lipinski definition) is 3. The van der Waals surface area contributed by atoms with Gasteiger partial charge in [-0.2, -0.15) is 0 Å². The van der Waals surface area contributed by atoms with Crippen molar-refractivity contribution in [2.45, 2.75) is 18.9 Å². The van der Waals surface area contributed by atoms with E-state index in [9.17, 15) is 4.79 Å². The monoisotopic (exact) mass is 406 g/mol. The van der Waals surface area contributed by atoms with Crippen molar-refractivity contribution >= 4 is 16.7 Å². The van der Waals surface area contributed by atoms with E-state index in [4.69, 9.17) is 9.47 Å². The fourth-order valence-corrected chi connectivity index (χ4v) is 4.11. The second kappa shape index (κ2) is 8.49. The third kappa shape index (κ3) is 4.08. The average molecular weight is 406 g/mol. The Morgan fingerprint density at radius 3 is 2.39 bits per heavy atom. The van der Waals surface area contributed by atoms with Crippen LogP contribution in [0.2, 0.25) is 0 Å². The minimum Gasteiger partial charge on any atom is -0.460 e. The number of benzene rings is 4. The van der Waals surface area contributed by atoms with Gasteiger partial charge in [0.2, 0.25) is 0 Å². The number of esters is 1. The van der Waals surface area contributed by atoms with Gasteiger partial charge in [0.05, 0.1) is 6.08 Å². The SMILES string of the molecule is O=C(/C=C1/C[C@H](c2ccccc2)c2ccc3ccccc3c2O1)OCc1ccccc1. The molecule has 0 N–H and O–H groups in total. The first-order valence-corrected chi connectivity index (χ1v) is 10.4. The van der Waals surface area contributed by atoms with Gasteiger partial charge < -0.3 is 9.47 Å². The van der Waals surface area contributed by atoms with Crippen LogP contribution in [0.3, 0.4) is 0 Å². The molecule has 4 aromatic rings. The lowest BCUT2D eigenvalue weighted by Gasteiger charge is -2.29. The Bertz CT molecular complexity index is 1240. The van der Waals surface area contributed by atoms with Crippen LogP contribution in [0, 0.1) is 0 Å². The number of ether oxygens (including phenoxy) is 2. The van der Waals surface area contributed by atoms with Gasteiger partial charge in [-0.15, -0.1) is 0 Å². The number of fused-ring (bicyclic) bond motifs is 3. The Labute approximate surface area is 181 Å². The maximum absolute atomic E-state index is 12.5. The fraction of sp³-hybridized carbons (Fsp3) is 0.107. The molecule has 0 saturated heterocycles. The van der Waals surface area contributed by atoms with Crippen LogP contribution in [0.5, 0.6) is 5.75 Å². The van der Waals surface area contributed by atoms with E-state index in [0.29, 0.717) is 12.2 Å². The normalized spacial score (nSPS) is 16.5. The highest BCUT2D eigenvalue weighted by Gasteiger charge is 2.28. The van der Waals surface area contributed by atoms with E-state index >= 15 is 0 Å². The molecular weight excluding hydrogens is 384 g/mol. The molecule has 3 heteroatoms. The Kier molecular flexibility index (Phi) is 5.24. The van der Waals surface area contributed by atoms with Crippen molar-refractivity contribution < 1.29 is 14.3 Å². The maximum atomic E-state index is 12.5. The zero-order valence-corrected chi connectivity index (χ0v) is 17.0.